The Morgan fingerprint density at radius 2 is 1.67 bits per heavy atom. The molecule has 2 unspecified atom stereocenters. The Balaban J connectivity index is 1.87. The molecular formula is C18H34N2O. The highest BCUT2D eigenvalue weighted by atomic mass is 16.2. The van der Waals surface area contributed by atoms with Crippen molar-refractivity contribution in [1.29, 1.82) is 0 Å². The van der Waals surface area contributed by atoms with Gasteiger partial charge in [0.2, 0.25) is 5.91 Å². The van der Waals surface area contributed by atoms with Crippen LogP contribution in [0.2, 0.25) is 0 Å². The Labute approximate surface area is 130 Å². The van der Waals surface area contributed by atoms with Crippen LogP contribution in [0.15, 0.2) is 0 Å². The minimum absolute atomic E-state index is 0.0764. The van der Waals surface area contributed by atoms with Crippen molar-refractivity contribution in [2.24, 2.45) is 17.8 Å². The average Bonchev–Trinajstić information content (AvgIpc) is 2.56. The molecule has 0 aromatic heterocycles. The van der Waals surface area contributed by atoms with Crippen LogP contribution in [0.25, 0.3) is 0 Å². The number of amides is 1. The molecule has 1 aliphatic carbocycles. The molecule has 3 heteroatoms. The molecule has 1 heterocycles. The second-order valence-corrected chi connectivity index (χ2v) is 6.99. The van der Waals surface area contributed by atoms with Crippen molar-refractivity contribution < 1.29 is 4.79 Å². The highest BCUT2D eigenvalue weighted by Crippen LogP contribution is 2.38. The van der Waals surface area contributed by atoms with Gasteiger partial charge in [-0.3, -0.25) is 4.79 Å². The maximum absolute atomic E-state index is 12.6. The number of hydrogen-bond acceptors (Lipinski definition) is 2. The van der Waals surface area contributed by atoms with E-state index in [4.69, 9.17) is 0 Å². The lowest BCUT2D eigenvalue weighted by Crippen LogP contribution is -2.51. The molecule has 0 bridgehead atoms. The summed E-state index contributed by atoms with van der Waals surface area (Å²) < 4.78 is 0. The van der Waals surface area contributed by atoms with Crippen LogP contribution >= 0.6 is 0 Å². The van der Waals surface area contributed by atoms with Crippen LogP contribution in [0.4, 0.5) is 0 Å². The second kappa shape index (κ2) is 8.17. The summed E-state index contributed by atoms with van der Waals surface area (Å²) in [5.74, 6) is 2.94. The van der Waals surface area contributed by atoms with Gasteiger partial charge >= 0.3 is 0 Å². The first kappa shape index (κ1) is 16.8. The summed E-state index contributed by atoms with van der Waals surface area (Å²) in [5.41, 5.74) is 0. The monoisotopic (exact) mass is 294 g/mol. The fourth-order valence-electron chi connectivity index (χ4n) is 4.39. The van der Waals surface area contributed by atoms with Crippen LogP contribution in [-0.2, 0) is 4.79 Å². The summed E-state index contributed by atoms with van der Waals surface area (Å²) >= 11 is 0. The smallest absolute Gasteiger partial charge is 0.239 e. The lowest BCUT2D eigenvalue weighted by Gasteiger charge is -2.39. The van der Waals surface area contributed by atoms with E-state index in [1.807, 2.05) is 4.90 Å². The summed E-state index contributed by atoms with van der Waals surface area (Å²) in [7, 11) is 0. The molecule has 0 radical (unpaired) electrons. The van der Waals surface area contributed by atoms with Crippen molar-refractivity contribution in [3.8, 4) is 0 Å². The first-order chi connectivity index (χ1) is 10.2. The Morgan fingerprint density at radius 3 is 2.24 bits per heavy atom. The SMILES string of the molecule is CCC1CCC(C2CCNC(C(=O)N(CC)CC)C2)CC1. The largest absolute Gasteiger partial charge is 0.342 e. The number of nitrogens with zero attached hydrogens (tertiary/aromatic N) is 1. The quantitative estimate of drug-likeness (QED) is 0.842. The van der Waals surface area contributed by atoms with E-state index in [0.717, 1.165) is 43.8 Å². The fourth-order valence-corrected chi connectivity index (χ4v) is 4.39. The first-order valence-electron chi connectivity index (χ1n) is 9.21. The number of carbonyl (C=O) groups is 1. The molecule has 3 nitrogen and oxygen atoms in total. The fraction of sp³-hybridized carbons (Fsp3) is 0.944. The summed E-state index contributed by atoms with van der Waals surface area (Å²) in [6.45, 7) is 9.17. The van der Waals surface area contributed by atoms with Crippen LogP contribution in [0, 0.1) is 17.8 Å². The van der Waals surface area contributed by atoms with Gasteiger partial charge < -0.3 is 10.2 Å². The molecule has 1 saturated heterocycles. The third-order valence-corrected chi connectivity index (χ3v) is 5.95. The highest BCUT2D eigenvalue weighted by Gasteiger charge is 2.34. The van der Waals surface area contributed by atoms with E-state index < -0.39 is 0 Å². The summed E-state index contributed by atoms with van der Waals surface area (Å²) in [6.07, 6.45) is 9.31. The number of likely N-dealkylation sites (N-methyl/N-ethyl adjacent to an activating group) is 1. The second-order valence-electron chi connectivity index (χ2n) is 6.99. The Hall–Kier alpha value is -0.570. The first-order valence-corrected chi connectivity index (χ1v) is 9.21. The van der Waals surface area contributed by atoms with E-state index >= 15 is 0 Å². The molecular weight excluding hydrogens is 260 g/mol. The molecule has 1 N–H and O–H groups in total. The molecule has 122 valence electrons. The van der Waals surface area contributed by atoms with Crippen LogP contribution in [-0.4, -0.2) is 36.5 Å². The summed E-state index contributed by atoms with van der Waals surface area (Å²) in [5, 5.41) is 3.47. The zero-order valence-corrected chi connectivity index (χ0v) is 14.2. The molecule has 2 fully saturated rings. The molecule has 2 aliphatic rings. The van der Waals surface area contributed by atoms with Crippen molar-refractivity contribution in [3.05, 3.63) is 0 Å². The lowest BCUT2D eigenvalue weighted by molar-refractivity contribution is -0.134. The van der Waals surface area contributed by atoms with Crippen molar-refractivity contribution in [3.63, 3.8) is 0 Å². The normalized spacial score (nSPS) is 33.7. The van der Waals surface area contributed by atoms with E-state index in [9.17, 15) is 4.79 Å². The van der Waals surface area contributed by atoms with Crippen molar-refractivity contribution in [2.45, 2.75) is 71.8 Å². The number of hydrogen-bond donors (Lipinski definition) is 1. The van der Waals surface area contributed by atoms with Gasteiger partial charge in [0.15, 0.2) is 0 Å². The van der Waals surface area contributed by atoms with Gasteiger partial charge in [0.1, 0.15) is 0 Å². The van der Waals surface area contributed by atoms with Gasteiger partial charge in [0.25, 0.3) is 0 Å². The van der Waals surface area contributed by atoms with Crippen LogP contribution in [0.5, 0.6) is 0 Å². The molecule has 2 atom stereocenters. The highest BCUT2D eigenvalue weighted by molar-refractivity contribution is 5.82. The number of carbonyl (C=O) groups excluding carboxylic acids is 1. The number of piperidine rings is 1. The zero-order valence-electron chi connectivity index (χ0n) is 14.2. The Kier molecular flexibility index (Phi) is 6.53. The minimum Gasteiger partial charge on any atom is -0.342 e. The number of nitrogens with one attached hydrogen (secondary N) is 1. The standard InChI is InChI=1S/C18H34N2O/c1-4-14-7-9-15(10-8-14)16-11-12-19-17(13-16)18(21)20(5-2)6-3/h14-17,19H,4-13H2,1-3H3. The van der Waals surface area contributed by atoms with Gasteiger partial charge in [0.05, 0.1) is 6.04 Å². The van der Waals surface area contributed by atoms with E-state index in [1.165, 1.54) is 38.5 Å². The third kappa shape index (κ3) is 4.21. The van der Waals surface area contributed by atoms with E-state index in [2.05, 4.69) is 26.1 Å². The van der Waals surface area contributed by atoms with Crippen molar-refractivity contribution in [1.82, 2.24) is 10.2 Å². The minimum atomic E-state index is 0.0764. The van der Waals surface area contributed by atoms with Gasteiger partial charge in [-0.15, -0.1) is 0 Å². The third-order valence-electron chi connectivity index (χ3n) is 5.95. The van der Waals surface area contributed by atoms with Crippen LogP contribution in [0.1, 0.15) is 65.7 Å². The molecule has 1 amide bonds. The van der Waals surface area contributed by atoms with Gasteiger partial charge in [-0.1, -0.05) is 26.2 Å². The molecule has 1 aliphatic heterocycles. The predicted molar refractivity (Wildman–Crippen MR) is 88.2 cm³/mol. The van der Waals surface area contributed by atoms with Gasteiger partial charge in [-0.25, -0.2) is 0 Å². The van der Waals surface area contributed by atoms with Crippen LogP contribution < -0.4 is 5.32 Å². The van der Waals surface area contributed by atoms with Crippen molar-refractivity contribution in [2.75, 3.05) is 19.6 Å². The van der Waals surface area contributed by atoms with Crippen molar-refractivity contribution >= 4 is 5.91 Å². The molecule has 0 aromatic carbocycles. The lowest BCUT2D eigenvalue weighted by atomic mass is 9.71. The molecule has 1 saturated carbocycles. The van der Waals surface area contributed by atoms with E-state index in [-0.39, 0.29) is 6.04 Å². The molecule has 2 rings (SSSR count). The summed E-state index contributed by atoms with van der Waals surface area (Å²) in [4.78, 5) is 14.5. The summed E-state index contributed by atoms with van der Waals surface area (Å²) in [6, 6.07) is 0.0764. The molecule has 0 aromatic rings. The molecule has 0 spiro atoms. The topological polar surface area (TPSA) is 32.3 Å². The average molecular weight is 294 g/mol. The van der Waals surface area contributed by atoms with Gasteiger partial charge in [0, 0.05) is 13.1 Å². The zero-order chi connectivity index (χ0) is 15.2. The maximum Gasteiger partial charge on any atom is 0.239 e. The van der Waals surface area contributed by atoms with Gasteiger partial charge in [-0.05, 0) is 63.8 Å². The predicted octanol–water partition coefficient (Wildman–Crippen LogP) is 3.44. The van der Waals surface area contributed by atoms with E-state index in [1.54, 1.807) is 0 Å². The van der Waals surface area contributed by atoms with Crippen LogP contribution in [0.3, 0.4) is 0 Å². The van der Waals surface area contributed by atoms with Gasteiger partial charge in [-0.2, -0.15) is 0 Å². The van der Waals surface area contributed by atoms with E-state index in [0.29, 0.717) is 5.91 Å². The maximum atomic E-state index is 12.6. The molecule has 21 heavy (non-hydrogen) atoms. The Bertz CT molecular complexity index is 319. The number of rotatable bonds is 5. The Morgan fingerprint density at radius 1 is 1.00 bits per heavy atom.